The summed E-state index contributed by atoms with van der Waals surface area (Å²) in [7, 11) is 0. The van der Waals surface area contributed by atoms with Crippen molar-refractivity contribution in [3.8, 4) is 0 Å². The number of hydrogen-bond donors (Lipinski definition) is 0. The molecule has 1 unspecified atom stereocenters. The van der Waals surface area contributed by atoms with Crippen molar-refractivity contribution in [1.82, 2.24) is 0 Å². The second-order valence-electron chi connectivity index (χ2n) is 5.03. The van der Waals surface area contributed by atoms with Crippen molar-refractivity contribution in [3.63, 3.8) is 0 Å². The largest absolute Gasteiger partial charge is 1.00 e. The van der Waals surface area contributed by atoms with Crippen LogP contribution in [-0.2, 0) is 10.8 Å². The topological polar surface area (TPSA) is 23.1 Å². The summed E-state index contributed by atoms with van der Waals surface area (Å²) in [5.41, 5.74) is 2.71. The molecule has 2 spiro atoms. The third-order valence-electron chi connectivity index (χ3n) is 4.37. The van der Waals surface area contributed by atoms with Gasteiger partial charge in [0.1, 0.15) is 0 Å². The molecule has 0 aliphatic heterocycles. The van der Waals surface area contributed by atoms with Crippen LogP contribution in [0.2, 0.25) is 0 Å². The number of benzene rings is 1. The molecule has 3 aliphatic rings. The summed E-state index contributed by atoms with van der Waals surface area (Å²) in [6, 6.07) is 8.48. The average molecular weight is 198 g/mol. The van der Waals surface area contributed by atoms with Crippen LogP contribution < -0.4 is 42.8 Å². The minimum Gasteiger partial charge on any atom is -0.853 e. The smallest absolute Gasteiger partial charge is 0.853 e. The van der Waals surface area contributed by atoms with Crippen LogP contribution in [0.5, 0.6) is 0 Å². The Morgan fingerprint density at radius 3 is 2.19 bits per heavy atom. The first-order valence-electron chi connectivity index (χ1n) is 5.40. The monoisotopic (exact) mass is 198 g/mol. The van der Waals surface area contributed by atoms with E-state index in [-0.39, 0.29) is 54.7 Å². The molecule has 4 rings (SSSR count). The minimum absolute atomic E-state index is 0. The van der Waals surface area contributed by atoms with Crippen LogP contribution >= 0.6 is 0 Å². The maximum atomic E-state index is 12.4. The SMILES string of the molecule is [Li+].[Li+].[O-]C1C2(CC2)c2ccccc2[C@]12[CH-]C2. The number of rotatable bonds is 0. The summed E-state index contributed by atoms with van der Waals surface area (Å²) in [5, 5.41) is 12.4. The van der Waals surface area contributed by atoms with Gasteiger partial charge in [-0.15, -0.1) is 6.10 Å². The molecule has 2 saturated carbocycles. The maximum Gasteiger partial charge on any atom is 1.00 e. The van der Waals surface area contributed by atoms with E-state index >= 15 is 0 Å². The van der Waals surface area contributed by atoms with Crippen molar-refractivity contribution in [2.45, 2.75) is 36.2 Å². The zero-order valence-corrected chi connectivity index (χ0v) is 9.99. The number of hydrogen-bond acceptors (Lipinski definition) is 1. The summed E-state index contributed by atoms with van der Waals surface area (Å²) >= 11 is 0. The molecule has 0 aromatic heterocycles. The molecule has 0 N–H and O–H groups in total. The van der Waals surface area contributed by atoms with Gasteiger partial charge in [0, 0.05) is 0 Å². The van der Waals surface area contributed by atoms with Crippen LogP contribution in [0.3, 0.4) is 0 Å². The quantitative estimate of drug-likeness (QED) is 0.303. The van der Waals surface area contributed by atoms with Gasteiger partial charge in [-0.1, -0.05) is 29.8 Å². The molecule has 2 fully saturated rings. The van der Waals surface area contributed by atoms with E-state index in [9.17, 15) is 5.11 Å². The molecule has 0 radical (unpaired) electrons. The molecule has 1 nitrogen and oxygen atoms in total. The maximum absolute atomic E-state index is 12.4. The molecular formula is C13H12Li2O. The summed E-state index contributed by atoms with van der Waals surface area (Å²) in [6.07, 6.45) is 5.09. The molecular weight excluding hydrogens is 186 g/mol. The fourth-order valence-electron chi connectivity index (χ4n) is 3.31. The fourth-order valence-corrected chi connectivity index (χ4v) is 3.31. The first kappa shape index (κ1) is 12.8. The molecule has 0 saturated heterocycles. The van der Waals surface area contributed by atoms with Crippen LogP contribution in [0.15, 0.2) is 24.3 Å². The van der Waals surface area contributed by atoms with E-state index in [4.69, 9.17) is 0 Å². The second kappa shape index (κ2) is 3.68. The van der Waals surface area contributed by atoms with Crippen molar-refractivity contribution in [1.29, 1.82) is 0 Å². The van der Waals surface area contributed by atoms with E-state index in [0.29, 0.717) is 0 Å². The Bertz CT molecular complexity index is 383. The van der Waals surface area contributed by atoms with Gasteiger partial charge in [0.25, 0.3) is 0 Å². The predicted molar refractivity (Wildman–Crippen MR) is 51.7 cm³/mol. The van der Waals surface area contributed by atoms with E-state index in [1.165, 1.54) is 11.1 Å². The van der Waals surface area contributed by atoms with Crippen molar-refractivity contribution in [2.75, 3.05) is 0 Å². The van der Waals surface area contributed by atoms with E-state index in [2.05, 4.69) is 30.7 Å². The Balaban J connectivity index is 0.000000482. The van der Waals surface area contributed by atoms with Gasteiger partial charge >= 0.3 is 37.7 Å². The molecule has 3 aliphatic carbocycles. The normalized spacial score (nSPS) is 35.2. The van der Waals surface area contributed by atoms with Crippen molar-refractivity contribution in [2.24, 2.45) is 0 Å². The molecule has 72 valence electrons. The summed E-state index contributed by atoms with van der Waals surface area (Å²) in [4.78, 5) is 0. The van der Waals surface area contributed by atoms with Gasteiger partial charge in [-0.25, -0.2) is 0 Å². The van der Waals surface area contributed by atoms with E-state index in [1.54, 1.807) is 0 Å². The van der Waals surface area contributed by atoms with Crippen LogP contribution in [0.1, 0.15) is 30.4 Å². The summed E-state index contributed by atoms with van der Waals surface area (Å²) in [5.74, 6) is 0. The first-order chi connectivity index (χ1) is 6.80. The van der Waals surface area contributed by atoms with Gasteiger partial charge in [-0.2, -0.15) is 11.8 Å². The van der Waals surface area contributed by atoms with E-state index in [1.807, 2.05) is 0 Å². The second-order valence-corrected chi connectivity index (χ2v) is 5.03. The molecule has 16 heavy (non-hydrogen) atoms. The molecule has 2 atom stereocenters. The van der Waals surface area contributed by atoms with Gasteiger partial charge in [0.05, 0.1) is 0 Å². The first-order valence-corrected chi connectivity index (χ1v) is 5.40. The molecule has 1 aromatic carbocycles. The van der Waals surface area contributed by atoms with Gasteiger partial charge < -0.3 is 11.5 Å². The van der Waals surface area contributed by atoms with Crippen LogP contribution in [0, 0.1) is 6.42 Å². The van der Waals surface area contributed by atoms with E-state index in [0.717, 1.165) is 19.3 Å². The summed E-state index contributed by atoms with van der Waals surface area (Å²) in [6.45, 7) is 0. The Labute approximate surface area is 120 Å². The third-order valence-corrected chi connectivity index (χ3v) is 4.37. The average Bonchev–Trinajstić information content (AvgIpc) is 3.11. The van der Waals surface area contributed by atoms with Gasteiger partial charge in [0.15, 0.2) is 0 Å². The summed E-state index contributed by atoms with van der Waals surface area (Å²) < 4.78 is 0. The van der Waals surface area contributed by atoms with E-state index < -0.39 is 0 Å². The predicted octanol–water partition coefficient (Wildman–Crippen LogP) is -4.69. The molecule has 0 amide bonds. The van der Waals surface area contributed by atoms with Crippen molar-refractivity contribution in [3.05, 3.63) is 41.8 Å². The molecule has 0 heterocycles. The van der Waals surface area contributed by atoms with Gasteiger partial charge in [-0.3, -0.25) is 0 Å². The molecule has 0 bridgehead atoms. The minimum atomic E-state index is -0.382. The standard InChI is InChI=1S/C13H12O.2Li/c14-11-12(5-6-12)9-3-1-2-4-10(9)13(11)7-8-13;;/h1-5,11H,6-8H2;;/q-2;2*+1/t11?,12-;;/m1../s1. The fraction of sp³-hybridized carbons (Fsp3) is 0.462. The zero-order chi connectivity index (χ0) is 9.39. The Morgan fingerprint density at radius 2 is 1.69 bits per heavy atom. The third kappa shape index (κ3) is 1.25. The van der Waals surface area contributed by atoms with Crippen LogP contribution in [0.4, 0.5) is 0 Å². The van der Waals surface area contributed by atoms with Crippen molar-refractivity contribution < 1.29 is 42.8 Å². The Kier molecular flexibility index (Phi) is 2.95. The Hall–Kier alpha value is 0.375. The zero-order valence-electron chi connectivity index (χ0n) is 9.99. The van der Waals surface area contributed by atoms with Crippen LogP contribution in [-0.4, -0.2) is 6.10 Å². The van der Waals surface area contributed by atoms with Crippen molar-refractivity contribution >= 4 is 0 Å². The van der Waals surface area contributed by atoms with Crippen LogP contribution in [0.25, 0.3) is 0 Å². The van der Waals surface area contributed by atoms with Gasteiger partial charge in [-0.05, 0) is 23.8 Å². The number of fused-ring (bicyclic) bond motifs is 3. The van der Waals surface area contributed by atoms with Gasteiger partial charge in [0.2, 0.25) is 0 Å². The molecule has 1 aromatic rings. The Morgan fingerprint density at radius 1 is 1.12 bits per heavy atom. The molecule has 3 heteroatoms.